The number of anilines is 1. The van der Waals surface area contributed by atoms with Crippen LogP contribution in [0.3, 0.4) is 0 Å². The van der Waals surface area contributed by atoms with Crippen LogP contribution in [-0.4, -0.2) is 25.3 Å². The summed E-state index contributed by atoms with van der Waals surface area (Å²) in [6.07, 6.45) is 7.13. The molecule has 0 fully saturated rings. The molecule has 0 saturated heterocycles. The summed E-state index contributed by atoms with van der Waals surface area (Å²) in [5.41, 5.74) is 6.18. The highest BCUT2D eigenvalue weighted by molar-refractivity contribution is 7.96. The third kappa shape index (κ3) is 6.19. The molecule has 1 aromatic heterocycles. The van der Waals surface area contributed by atoms with Crippen molar-refractivity contribution in [2.45, 2.75) is 39.7 Å². The minimum Gasteiger partial charge on any atom is -0.494 e. The predicted molar refractivity (Wildman–Crippen MR) is 150 cm³/mol. The van der Waals surface area contributed by atoms with Gasteiger partial charge in [0, 0.05) is 35.9 Å². The standard InChI is InChI=1S/C27H34N2O2S.H2S/c1-7-10-11-26-27(20(4)8-2)24-18-23(31-9-3)16-17-25(24)29(26)19-21-12-14-22(15-13-21)28(5)32-30-6;/h7,10-18,20H,1,8-9,19H2,2-6H3;1H2/b11-10-;. The van der Waals surface area contributed by atoms with E-state index in [0.717, 1.165) is 24.4 Å². The van der Waals surface area contributed by atoms with Gasteiger partial charge in [-0.05, 0) is 66.8 Å². The average Bonchev–Trinajstić information content (AvgIpc) is 3.10. The van der Waals surface area contributed by atoms with Gasteiger partial charge in [-0.25, -0.2) is 0 Å². The van der Waals surface area contributed by atoms with Crippen molar-refractivity contribution in [1.29, 1.82) is 0 Å². The highest BCUT2D eigenvalue weighted by Gasteiger charge is 2.20. The molecule has 3 aromatic rings. The lowest BCUT2D eigenvalue weighted by atomic mass is 9.95. The molecule has 1 heterocycles. The Balaban J connectivity index is 0.00000385. The van der Waals surface area contributed by atoms with E-state index in [1.807, 2.05) is 30.4 Å². The minimum absolute atomic E-state index is 0. The van der Waals surface area contributed by atoms with Gasteiger partial charge in [-0.15, -0.1) is 0 Å². The van der Waals surface area contributed by atoms with Crippen LogP contribution in [-0.2, 0) is 10.7 Å². The second-order valence-corrected chi connectivity index (χ2v) is 8.84. The monoisotopic (exact) mass is 484 g/mol. The highest BCUT2D eigenvalue weighted by atomic mass is 32.2. The van der Waals surface area contributed by atoms with Gasteiger partial charge in [-0.3, -0.25) is 4.31 Å². The molecule has 0 aliphatic carbocycles. The summed E-state index contributed by atoms with van der Waals surface area (Å²) in [5.74, 6) is 1.35. The molecular weight excluding hydrogens is 448 g/mol. The fourth-order valence-electron chi connectivity index (χ4n) is 4.02. The number of ether oxygens (including phenoxy) is 1. The van der Waals surface area contributed by atoms with Crippen LogP contribution >= 0.6 is 25.7 Å². The van der Waals surface area contributed by atoms with E-state index >= 15 is 0 Å². The Morgan fingerprint density at radius 2 is 1.88 bits per heavy atom. The second kappa shape index (κ2) is 12.8. The number of benzene rings is 2. The van der Waals surface area contributed by atoms with Crippen LogP contribution in [0.15, 0.2) is 61.2 Å². The molecule has 6 heteroatoms. The minimum atomic E-state index is 0. The Kier molecular flexibility index (Phi) is 10.5. The largest absolute Gasteiger partial charge is 0.494 e. The van der Waals surface area contributed by atoms with E-state index < -0.39 is 0 Å². The number of hydrogen-bond acceptors (Lipinski definition) is 4. The molecule has 0 aliphatic heterocycles. The van der Waals surface area contributed by atoms with Gasteiger partial charge in [-0.1, -0.05) is 44.7 Å². The Morgan fingerprint density at radius 3 is 2.48 bits per heavy atom. The van der Waals surface area contributed by atoms with Gasteiger partial charge in [-0.2, -0.15) is 13.5 Å². The van der Waals surface area contributed by atoms with E-state index in [2.05, 4.69) is 73.5 Å². The number of nitrogens with zero attached hydrogens (tertiary/aromatic N) is 2. The first-order chi connectivity index (χ1) is 15.5. The van der Waals surface area contributed by atoms with E-state index in [9.17, 15) is 0 Å². The molecule has 1 unspecified atom stereocenters. The summed E-state index contributed by atoms with van der Waals surface area (Å²) in [7, 11) is 3.67. The molecule has 0 N–H and O–H groups in total. The zero-order valence-corrected chi connectivity index (χ0v) is 22.1. The fraction of sp³-hybridized carbons (Fsp3) is 0.333. The quantitative estimate of drug-likeness (QED) is 0.159. The molecule has 0 aliphatic rings. The third-order valence-electron chi connectivity index (χ3n) is 5.75. The van der Waals surface area contributed by atoms with E-state index in [1.165, 1.54) is 40.0 Å². The number of aromatic nitrogens is 1. The van der Waals surface area contributed by atoms with Crippen LogP contribution in [0.2, 0.25) is 0 Å². The number of fused-ring (bicyclic) bond motifs is 1. The van der Waals surface area contributed by atoms with Crippen molar-refractivity contribution >= 4 is 48.4 Å². The van der Waals surface area contributed by atoms with E-state index in [-0.39, 0.29) is 13.5 Å². The molecule has 178 valence electrons. The molecule has 1 atom stereocenters. The molecule has 0 bridgehead atoms. The summed E-state index contributed by atoms with van der Waals surface area (Å²) >= 11 is 1.32. The van der Waals surface area contributed by atoms with Gasteiger partial charge < -0.3 is 13.5 Å². The van der Waals surface area contributed by atoms with E-state index in [0.29, 0.717) is 12.5 Å². The molecular formula is C27H36N2O2S2. The normalized spacial score (nSPS) is 12.0. The fourth-order valence-corrected chi connectivity index (χ4v) is 4.45. The number of allylic oxidation sites excluding steroid dienone is 2. The van der Waals surface area contributed by atoms with E-state index in [1.54, 1.807) is 7.11 Å². The summed E-state index contributed by atoms with van der Waals surface area (Å²) in [5, 5.41) is 1.27. The smallest absolute Gasteiger partial charge is 0.120 e. The van der Waals surface area contributed by atoms with Gasteiger partial charge in [0.25, 0.3) is 0 Å². The lowest BCUT2D eigenvalue weighted by molar-refractivity contribution is 0.340. The zero-order chi connectivity index (χ0) is 23.1. The van der Waals surface area contributed by atoms with Crippen LogP contribution in [0.25, 0.3) is 17.0 Å². The molecule has 2 aromatic carbocycles. The molecule has 0 spiro atoms. The maximum absolute atomic E-state index is 5.83. The van der Waals surface area contributed by atoms with Crippen molar-refractivity contribution in [1.82, 2.24) is 4.57 Å². The third-order valence-corrected chi connectivity index (χ3v) is 6.33. The van der Waals surface area contributed by atoms with Crippen LogP contribution < -0.4 is 9.04 Å². The number of rotatable bonds is 11. The van der Waals surface area contributed by atoms with Crippen molar-refractivity contribution in [3.8, 4) is 5.75 Å². The highest BCUT2D eigenvalue weighted by Crippen LogP contribution is 2.37. The molecule has 0 radical (unpaired) electrons. The maximum Gasteiger partial charge on any atom is 0.120 e. The van der Waals surface area contributed by atoms with Gasteiger partial charge in [0.05, 0.1) is 13.7 Å². The van der Waals surface area contributed by atoms with Crippen LogP contribution in [0, 0.1) is 0 Å². The molecule has 33 heavy (non-hydrogen) atoms. The molecule has 0 amide bonds. The van der Waals surface area contributed by atoms with Crippen LogP contribution in [0.4, 0.5) is 5.69 Å². The van der Waals surface area contributed by atoms with Crippen molar-refractivity contribution in [3.63, 3.8) is 0 Å². The van der Waals surface area contributed by atoms with Crippen LogP contribution in [0.1, 0.15) is 49.9 Å². The van der Waals surface area contributed by atoms with E-state index in [4.69, 9.17) is 8.92 Å². The summed E-state index contributed by atoms with van der Waals surface area (Å²) in [6.45, 7) is 11.9. The first-order valence-corrected chi connectivity index (χ1v) is 11.8. The number of hydrogen-bond donors (Lipinski definition) is 0. The SMILES string of the molecule is C=C/C=C\c1c(C(C)CC)c2cc(OCC)ccc2n1Cc1ccc(N(C)SOC)cc1.S. The predicted octanol–water partition coefficient (Wildman–Crippen LogP) is 7.56. The first kappa shape index (κ1) is 27.0. The van der Waals surface area contributed by atoms with Gasteiger partial charge in [0.15, 0.2) is 0 Å². The summed E-state index contributed by atoms with van der Waals surface area (Å²) < 4.78 is 15.4. The maximum atomic E-state index is 5.83. The van der Waals surface area contributed by atoms with Crippen molar-refractivity contribution in [2.75, 3.05) is 25.1 Å². The Labute approximate surface area is 210 Å². The topological polar surface area (TPSA) is 26.6 Å². The lowest BCUT2D eigenvalue weighted by Gasteiger charge is -2.16. The molecule has 0 saturated carbocycles. The Hall–Kier alpha value is -2.28. The molecule has 4 nitrogen and oxygen atoms in total. The summed E-state index contributed by atoms with van der Waals surface area (Å²) in [6, 6.07) is 15.1. The van der Waals surface area contributed by atoms with Gasteiger partial charge >= 0.3 is 0 Å². The van der Waals surface area contributed by atoms with Crippen molar-refractivity contribution < 1.29 is 8.92 Å². The van der Waals surface area contributed by atoms with Gasteiger partial charge in [0.1, 0.15) is 18.0 Å². The lowest BCUT2D eigenvalue weighted by Crippen LogP contribution is -2.07. The van der Waals surface area contributed by atoms with Crippen molar-refractivity contribution in [3.05, 3.63) is 78.0 Å². The average molecular weight is 485 g/mol. The molecule has 3 rings (SSSR count). The van der Waals surface area contributed by atoms with Crippen molar-refractivity contribution in [2.24, 2.45) is 0 Å². The Morgan fingerprint density at radius 1 is 1.15 bits per heavy atom. The summed E-state index contributed by atoms with van der Waals surface area (Å²) in [4.78, 5) is 0. The van der Waals surface area contributed by atoms with Crippen LogP contribution in [0.5, 0.6) is 5.75 Å². The Bertz CT molecular complexity index is 1070. The first-order valence-electron chi connectivity index (χ1n) is 11.1. The second-order valence-electron chi connectivity index (χ2n) is 7.81. The van der Waals surface area contributed by atoms with Gasteiger partial charge in [0.2, 0.25) is 0 Å². The zero-order valence-electron chi connectivity index (χ0n) is 20.3.